The van der Waals surface area contributed by atoms with E-state index < -0.39 is 5.54 Å². The fourth-order valence-corrected chi connectivity index (χ4v) is 1.44. The number of ether oxygens (including phenoxy) is 1. The van der Waals surface area contributed by atoms with Crippen molar-refractivity contribution in [1.82, 2.24) is 5.32 Å². The molecule has 76 valence electrons. The van der Waals surface area contributed by atoms with E-state index in [0.29, 0.717) is 6.61 Å². The second kappa shape index (κ2) is 4.07. The summed E-state index contributed by atoms with van der Waals surface area (Å²) in [5, 5.41) is 3.20. The summed E-state index contributed by atoms with van der Waals surface area (Å²) in [5.74, 6) is -0.321. The van der Waals surface area contributed by atoms with Crippen LogP contribution < -0.4 is 11.1 Å². The van der Waals surface area contributed by atoms with Crippen molar-refractivity contribution in [3.8, 4) is 0 Å². The van der Waals surface area contributed by atoms with Gasteiger partial charge >= 0.3 is 0 Å². The highest BCUT2D eigenvalue weighted by Crippen LogP contribution is 2.10. The van der Waals surface area contributed by atoms with Crippen LogP contribution in [0.3, 0.4) is 0 Å². The van der Waals surface area contributed by atoms with Crippen LogP contribution in [-0.4, -0.2) is 30.7 Å². The second-order valence-corrected chi connectivity index (χ2v) is 4.05. The topological polar surface area (TPSA) is 64.3 Å². The molecule has 0 radical (unpaired) electrons. The SMILES string of the molecule is CC(C)(NC1CCCOC1)C(N)=O. The molecule has 0 spiro atoms. The van der Waals surface area contributed by atoms with E-state index in [1.807, 2.05) is 0 Å². The molecule has 0 aromatic rings. The summed E-state index contributed by atoms with van der Waals surface area (Å²) in [4.78, 5) is 11.0. The zero-order valence-corrected chi connectivity index (χ0v) is 8.30. The molecule has 1 aliphatic heterocycles. The second-order valence-electron chi connectivity index (χ2n) is 4.05. The Kier molecular flexibility index (Phi) is 3.27. The standard InChI is InChI=1S/C9H18N2O2/c1-9(2,8(10)12)11-7-4-3-5-13-6-7/h7,11H,3-6H2,1-2H3,(H2,10,12). The van der Waals surface area contributed by atoms with Crippen LogP contribution in [0.2, 0.25) is 0 Å². The molecule has 4 heteroatoms. The van der Waals surface area contributed by atoms with E-state index in [1.54, 1.807) is 13.8 Å². The lowest BCUT2D eigenvalue weighted by Crippen LogP contribution is -2.56. The van der Waals surface area contributed by atoms with Crippen LogP contribution in [0.4, 0.5) is 0 Å². The van der Waals surface area contributed by atoms with Crippen LogP contribution in [0.5, 0.6) is 0 Å². The Balaban J connectivity index is 2.41. The number of primary amides is 1. The van der Waals surface area contributed by atoms with Gasteiger partial charge in [-0.25, -0.2) is 0 Å². The number of nitrogens with two attached hydrogens (primary N) is 1. The first-order valence-electron chi connectivity index (χ1n) is 4.68. The maximum absolute atomic E-state index is 11.0. The van der Waals surface area contributed by atoms with Gasteiger partial charge in [0.05, 0.1) is 12.1 Å². The van der Waals surface area contributed by atoms with Crippen LogP contribution >= 0.6 is 0 Å². The molecule has 3 N–H and O–H groups in total. The Labute approximate surface area is 78.8 Å². The van der Waals surface area contributed by atoms with E-state index in [4.69, 9.17) is 10.5 Å². The van der Waals surface area contributed by atoms with Crippen molar-refractivity contribution < 1.29 is 9.53 Å². The quantitative estimate of drug-likeness (QED) is 0.653. The molecule has 0 aromatic carbocycles. The van der Waals surface area contributed by atoms with E-state index in [-0.39, 0.29) is 11.9 Å². The van der Waals surface area contributed by atoms with Crippen LogP contribution in [0.1, 0.15) is 26.7 Å². The third-order valence-corrected chi connectivity index (χ3v) is 2.34. The van der Waals surface area contributed by atoms with Crippen molar-refractivity contribution in [2.75, 3.05) is 13.2 Å². The maximum atomic E-state index is 11.0. The minimum absolute atomic E-state index is 0.260. The van der Waals surface area contributed by atoms with Crippen molar-refractivity contribution in [2.24, 2.45) is 5.73 Å². The molecule has 1 heterocycles. The molecule has 0 bridgehead atoms. The van der Waals surface area contributed by atoms with Crippen molar-refractivity contribution >= 4 is 5.91 Å². The highest BCUT2D eigenvalue weighted by atomic mass is 16.5. The van der Waals surface area contributed by atoms with Crippen molar-refractivity contribution in [2.45, 2.75) is 38.3 Å². The van der Waals surface area contributed by atoms with Gasteiger partial charge in [0, 0.05) is 12.6 Å². The lowest BCUT2D eigenvalue weighted by Gasteiger charge is -2.31. The van der Waals surface area contributed by atoms with Gasteiger partial charge in [-0.1, -0.05) is 0 Å². The number of nitrogens with one attached hydrogen (secondary N) is 1. The van der Waals surface area contributed by atoms with Gasteiger partial charge in [0.15, 0.2) is 0 Å². The van der Waals surface area contributed by atoms with Crippen LogP contribution in [0, 0.1) is 0 Å². The molecule has 0 aliphatic carbocycles. The van der Waals surface area contributed by atoms with Gasteiger partial charge in [0.1, 0.15) is 0 Å². The zero-order valence-electron chi connectivity index (χ0n) is 8.30. The molecule has 4 nitrogen and oxygen atoms in total. The van der Waals surface area contributed by atoms with Crippen molar-refractivity contribution in [3.05, 3.63) is 0 Å². The highest BCUT2D eigenvalue weighted by molar-refractivity contribution is 5.83. The molecule has 1 rings (SSSR count). The Morgan fingerprint density at radius 3 is 2.77 bits per heavy atom. The molecule has 1 unspecified atom stereocenters. The Bertz CT molecular complexity index is 186. The van der Waals surface area contributed by atoms with Crippen molar-refractivity contribution in [1.29, 1.82) is 0 Å². The summed E-state index contributed by atoms with van der Waals surface area (Å²) in [6, 6.07) is 0.260. The number of carbonyl (C=O) groups is 1. The van der Waals surface area contributed by atoms with Crippen molar-refractivity contribution in [3.63, 3.8) is 0 Å². The van der Waals surface area contributed by atoms with Gasteiger partial charge in [-0.2, -0.15) is 0 Å². The number of hydrogen-bond acceptors (Lipinski definition) is 3. The summed E-state index contributed by atoms with van der Waals surface area (Å²) in [6.07, 6.45) is 2.10. The van der Waals surface area contributed by atoms with Gasteiger partial charge < -0.3 is 10.5 Å². The lowest BCUT2D eigenvalue weighted by molar-refractivity contribution is -0.123. The van der Waals surface area contributed by atoms with Gasteiger partial charge in [0.2, 0.25) is 5.91 Å². The fourth-order valence-electron chi connectivity index (χ4n) is 1.44. The number of hydrogen-bond donors (Lipinski definition) is 2. The smallest absolute Gasteiger partial charge is 0.237 e. The molecular weight excluding hydrogens is 168 g/mol. The molecular formula is C9H18N2O2. The van der Waals surface area contributed by atoms with Gasteiger partial charge in [-0.3, -0.25) is 10.1 Å². The first-order valence-corrected chi connectivity index (χ1v) is 4.68. The molecule has 1 aliphatic rings. The Hall–Kier alpha value is -0.610. The van der Waals surface area contributed by atoms with Crippen LogP contribution in [-0.2, 0) is 9.53 Å². The van der Waals surface area contributed by atoms with Gasteiger partial charge in [0.25, 0.3) is 0 Å². The van der Waals surface area contributed by atoms with Gasteiger partial charge in [-0.05, 0) is 26.7 Å². The minimum atomic E-state index is -0.634. The summed E-state index contributed by atoms with van der Waals surface area (Å²) in [7, 11) is 0. The minimum Gasteiger partial charge on any atom is -0.380 e. The van der Waals surface area contributed by atoms with Crippen LogP contribution in [0.25, 0.3) is 0 Å². The van der Waals surface area contributed by atoms with E-state index in [2.05, 4.69) is 5.32 Å². The molecule has 1 saturated heterocycles. The van der Waals surface area contributed by atoms with E-state index >= 15 is 0 Å². The Morgan fingerprint density at radius 2 is 2.31 bits per heavy atom. The summed E-state index contributed by atoms with van der Waals surface area (Å²) < 4.78 is 5.29. The number of amides is 1. The summed E-state index contributed by atoms with van der Waals surface area (Å²) >= 11 is 0. The average molecular weight is 186 g/mol. The predicted octanol–water partition coefficient (Wildman–Crippen LogP) is 0.0189. The van der Waals surface area contributed by atoms with E-state index in [1.165, 1.54) is 0 Å². The molecule has 13 heavy (non-hydrogen) atoms. The maximum Gasteiger partial charge on any atom is 0.237 e. The monoisotopic (exact) mass is 186 g/mol. The molecule has 1 atom stereocenters. The number of rotatable bonds is 3. The molecule has 1 amide bonds. The van der Waals surface area contributed by atoms with E-state index in [0.717, 1.165) is 19.4 Å². The Morgan fingerprint density at radius 1 is 1.62 bits per heavy atom. The number of carbonyl (C=O) groups excluding carboxylic acids is 1. The molecule has 0 aromatic heterocycles. The predicted molar refractivity (Wildman–Crippen MR) is 50.3 cm³/mol. The zero-order chi connectivity index (χ0) is 9.90. The molecule has 0 saturated carbocycles. The highest BCUT2D eigenvalue weighted by Gasteiger charge is 2.28. The first kappa shape index (κ1) is 10.5. The third kappa shape index (κ3) is 2.97. The third-order valence-electron chi connectivity index (χ3n) is 2.34. The van der Waals surface area contributed by atoms with Gasteiger partial charge in [-0.15, -0.1) is 0 Å². The largest absolute Gasteiger partial charge is 0.380 e. The normalized spacial score (nSPS) is 24.3. The first-order chi connectivity index (χ1) is 6.02. The molecule has 1 fully saturated rings. The van der Waals surface area contributed by atoms with E-state index in [9.17, 15) is 4.79 Å². The van der Waals surface area contributed by atoms with Crippen LogP contribution in [0.15, 0.2) is 0 Å². The summed E-state index contributed by atoms with van der Waals surface area (Å²) in [5.41, 5.74) is 4.61. The lowest BCUT2D eigenvalue weighted by atomic mass is 10.0. The average Bonchev–Trinajstić information content (AvgIpc) is 2.05. The summed E-state index contributed by atoms with van der Waals surface area (Å²) in [6.45, 7) is 5.10. The fraction of sp³-hybridized carbons (Fsp3) is 0.889.